The molecule has 0 aromatic carbocycles. The van der Waals surface area contributed by atoms with E-state index >= 15 is 0 Å². The quantitative estimate of drug-likeness (QED) is 0.693. The second-order valence-corrected chi connectivity index (χ2v) is 4.19. The molecule has 76 valence electrons. The van der Waals surface area contributed by atoms with E-state index in [4.69, 9.17) is 0 Å². The number of piperazine rings is 1. The third-order valence-electron chi connectivity index (χ3n) is 2.59. The Labute approximate surface area is 80.5 Å². The van der Waals surface area contributed by atoms with Gasteiger partial charge < -0.3 is 5.32 Å². The molecule has 1 fully saturated rings. The maximum atomic E-state index is 11.0. The van der Waals surface area contributed by atoms with Crippen molar-refractivity contribution in [2.24, 2.45) is 5.92 Å². The van der Waals surface area contributed by atoms with E-state index in [9.17, 15) is 4.79 Å². The molecule has 1 aliphatic heterocycles. The van der Waals surface area contributed by atoms with Gasteiger partial charge >= 0.3 is 0 Å². The molecule has 1 atom stereocenters. The summed E-state index contributed by atoms with van der Waals surface area (Å²) < 4.78 is 0. The molecule has 0 amide bonds. The number of ketones is 1. The summed E-state index contributed by atoms with van der Waals surface area (Å²) in [5, 5.41) is 3.37. The molecule has 0 saturated carbocycles. The van der Waals surface area contributed by atoms with Gasteiger partial charge in [-0.15, -0.1) is 0 Å². The minimum atomic E-state index is 0.271. The van der Waals surface area contributed by atoms with Crippen LogP contribution in [0.4, 0.5) is 0 Å². The molecule has 1 N–H and O–H groups in total. The maximum Gasteiger partial charge on any atom is 0.143 e. The first-order valence-corrected chi connectivity index (χ1v) is 5.05. The molecule has 0 bridgehead atoms. The minimum Gasteiger partial charge on any atom is -0.314 e. The summed E-state index contributed by atoms with van der Waals surface area (Å²) in [4.78, 5) is 13.3. The lowest BCUT2D eigenvalue weighted by atomic mass is 10.0. The summed E-state index contributed by atoms with van der Waals surface area (Å²) in [5.74, 6) is 0.889. The van der Waals surface area contributed by atoms with E-state index in [1.165, 1.54) is 0 Å². The highest BCUT2D eigenvalue weighted by molar-refractivity contribution is 5.77. The Balaban J connectivity index is 2.51. The van der Waals surface area contributed by atoms with Crippen LogP contribution in [0, 0.1) is 5.92 Å². The van der Waals surface area contributed by atoms with Gasteiger partial charge in [-0.1, -0.05) is 13.8 Å². The molecule has 0 aromatic rings. The van der Waals surface area contributed by atoms with Crippen molar-refractivity contribution in [1.29, 1.82) is 0 Å². The van der Waals surface area contributed by atoms with Gasteiger partial charge in [0.1, 0.15) is 5.78 Å². The van der Waals surface area contributed by atoms with Crippen LogP contribution in [0.25, 0.3) is 0 Å². The van der Waals surface area contributed by atoms with Crippen LogP contribution in [0.15, 0.2) is 0 Å². The highest BCUT2D eigenvalue weighted by atomic mass is 16.1. The molecule has 1 rings (SSSR count). The minimum absolute atomic E-state index is 0.271. The van der Waals surface area contributed by atoms with Crippen LogP contribution in [0.5, 0.6) is 0 Å². The van der Waals surface area contributed by atoms with Gasteiger partial charge in [0, 0.05) is 25.7 Å². The molecule has 0 radical (unpaired) electrons. The third kappa shape index (κ3) is 3.08. The first-order valence-electron chi connectivity index (χ1n) is 5.05. The number of Topliss-reactive ketones (excluding diaryl/α,β-unsaturated/α-hetero) is 1. The topological polar surface area (TPSA) is 32.3 Å². The van der Waals surface area contributed by atoms with Gasteiger partial charge in [-0.2, -0.15) is 0 Å². The fourth-order valence-electron chi connectivity index (χ4n) is 1.91. The number of nitrogens with one attached hydrogen (secondary N) is 1. The fourth-order valence-corrected chi connectivity index (χ4v) is 1.91. The molecule has 3 nitrogen and oxygen atoms in total. The van der Waals surface area contributed by atoms with Crippen LogP contribution in [-0.4, -0.2) is 42.9 Å². The van der Waals surface area contributed by atoms with E-state index in [0.29, 0.717) is 18.5 Å². The lowest BCUT2D eigenvalue weighted by molar-refractivity contribution is -0.119. The smallest absolute Gasteiger partial charge is 0.143 e. The fraction of sp³-hybridized carbons (Fsp3) is 0.900. The van der Waals surface area contributed by atoms with E-state index in [0.717, 1.165) is 19.6 Å². The molecule has 0 aliphatic carbocycles. The summed E-state index contributed by atoms with van der Waals surface area (Å²) in [6, 6.07) is 0.526. The lowest BCUT2D eigenvalue weighted by Gasteiger charge is -2.37. The van der Waals surface area contributed by atoms with Crippen LogP contribution in [0.2, 0.25) is 0 Å². The summed E-state index contributed by atoms with van der Waals surface area (Å²) >= 11 is 0. The molecule has 0 aromatic heterocycles. The largest absolute Gasteiger partial charge is 0.314 e. The van der Waals surface area contributed by atoms with Gasteiger partial charge in [0.25, 0.3) is 0 Å². The first-order chi connectivity index (χ1) is 6.11. The summed E-state index contributed by atoms with van der Waals surface area (Å²) in [6.07, 6.45) is 0. The van der Waals surface area contributed by atoms with Crippen LogP contribution in [0.3, 0.4) is 0 Å². The lowest BCUT2D eigenvalue weighted by Crippen LogP contribution is -2.54. The third-order valence-corrected chi connectivity index (χ3v) is 2.59. The van der Waals surface area contributed by atoms with Crippen molar-refractivity contribution in [3.63, 3.8) is 0 Å². The Morgan fingerprint density at radius 2 is 2.31 bits per heavy atom. The molecule has 13 heavy (non-hydrogen) atoms. The van der Waals surface area contributed by atoms with Gasteiger partial charge in [0.2, 0.25) is 0 Å². The Bertz CT molecular complexity index is 180. The Hall–Kier alpha value is -0.410. The number of hydrogen-bond acceptors (Lipinski definition) is 3. The predicted octanol–water partition coefficient (Wildman–Crippen LogP) is 0.505. The summed E-state index contributed by atoms with van der Waals surface area (Å²) in [6.45, 7) is 9.74. The standard InChI is InChI=1S/C10H20N2O/c1-8(2)10-6-11-4-5-12(10)7-9(3)13/h8,10-11H,4-7H2,1-3H3. The second kappa shape index (κ2) is 4.72. The van der Waals surface area contributed by atoms with Crippen LogP contribution in [0.1, 0.15) is 20.8 Å². The van der Waals surface area contributed by atoms with E-state index in [-0.39, 0.29) is 5.78 Å². The van der Waals surface area contributed by atoms with Crippen molar-refractivity contribution in [1.82, 2.24) is 10.2 Å². The van der Waals surface area contributed by atoms with Gasteiger partial charge in [0.05, 0.1) is 6.54 Å². The Morgan fingerprint density at radius 3 is 2.85 bits per heavy atom. The molecule has 1 heterocycles. The van der Waals surface area contributed by atoms with Crippen molar-refractivity contribution in [2.75, 3.05) is 26.2 Å². The number of hydrogen-bond donors (Lipinski definition) is 1. The number of rotatable bonds is 3. The van der Waals surface area contributed by atoms with E-state index in [2.05, 4.69) is 24.1 Å². The van der Waals surface area contributed by atoms with Crippen LogP contribution in [-0.2, 0) is 4.79 Å². The van der Waals surface area contributed by atoms with Gasteiger partial charge in [0.15, 0.2) is 0 Å². The maximum absolute atomic E-state index is 11.0. The Kier molecular flexibility index (Phi) is 3.88. The zero-order valence-electron chi connectivity index (χ0n) is 8.84. The van der Waals surface area contributed by atoms with Crippen LogP contribution < -0.4 is 5.32 Å². The van der Waals surface area contributed by atoms with Crippen molar-refractivity contribution >= 4 is 5.78 Å². The normalized spacial score (nSPS) is 25.1. The number of carbonyl (C=O) groups is 1. The van der Waals surface area contributed by atoms with Crippen molar-refractivity contribution in [3.05, 3.63) is 0 Å². The molecular weight excluding hydrogens is 164 g/mol. The zero-order valence-corrected chi connectivity index (χ0v) is 8.84. The molecule has 0 spiro atoms. The molecule has 1 unspecified atom stereocenters. The zero-order chi connectivity index (χ0) is 9.84. The molecule has 1 aliphatic rings. The van der Waals surface area contributed by atoms with E-state index in [1.807, 2.05) is 0 Å². The summed E-state index contributed by atoms with van der Waals surface area (Å²) in [7, 11) is 0. The summed E-state index contributed by atoms with van der Waals surface area (Å²) in [5.41, 5.74) is 0. The number of nitrogens with zero attached hydrogens (tertiary/aromatic N) is 1. The highest BCUT2D eigenvalue weighted by Gasteiger charge is 2.25. The average molecular weight is 184 g/mol. The van der Waals surface area contributed by atoms with Crippen molar-refractivity contribution < 1.29 is 4.79 Å². The monoisotopic (exact) mass is 184 g/mol. The molecule has 3 heteroatoms. The van der Waals surface area contributed by atoms with Gasteiger partial charge in [-0.3, -0.25) is 9.69 Å². The van der Waals surface area contributed by atoms with Gasteiger partial charge in [-0.25, -0.2) is 0 Å². The van der Waals surface area contributed by atoms with Gasteiger partial charge in [-0.05, 0) is 12.8 Å². The molecule has 1 saturated heterocycles. The second-order valence-electron chi connectivity index (χ2n) is 4.19. The van der Waals surface area contributed by atoms with Crippen LogP contribution >= 0.6 is 0 Å². The van der Waals surface area contributed by atoms with E-state index < -0.39 is 0 Å². The highest BCUT2D eigenvalue weighted by Crippen LogP contribution is 2.12. The van der Waals surface area contributed by atoms with E-state index in [1.54, 1.807) is 6.92 Å². The van der Waals surface area contributed by atoms with Crippen molar-refractivity contribution in [3.8, 4) is 0 Å². The average Bonchev–Trinajstić information content (AvgIpc) is 2.03. The Morgan fingerprint density at radius 1 is 1.62 bits per heavy atom. The molecular formula is C10H20N2O. The SMILES string of the molecule is CC(=O)CN1CCNCC1C(C)C. The predicted molar refractivity (Wildman–Crippen MR) is 53.7 cm³/mol. The first kappa shape index (κ1) is 10.7. The van der Waals surface area contributed by atoms with Crippen molar-refractivity contribution in [2.45, 2.75) is 26.8 Å². The number of carbonyl (C=O) groups excluding carboxylic acids is 1.